The van der Waals surface area contributed by atoms with Crippen LogP contribution in [0.15, 0.2) is 18.2 Å². The minimum Gasteiger partial charge on any atom is -0.496 e. The maximum atomic E-state index is 5.91. The van der Waals surface area contributed by atoms with Crippen molar-refractivity contribution in [3.05, 3.63) is 29.3 Å². The van der Waals surface area contributed by atoms with Crippen molar-refractivity contribution >= 4 is 0 Å². The Balaban J connectivity index is 1.95. The summed E-state index contributed by atoms with van der Waals surface area (Å²) in [5.74, 6) is 1.01. The molecule has 0 aromatic heterocycles. The van der Waals surface area contributed by atoms with Crippen LogP contribution >= 0.6 is 0 Å². The van der Waals surface area contributed by atoms with Gasteiger partial charge in [0.1, 0.15) is 5.75 Å². The zero-order chi connectivity index (χ0) is 11.8. The Morgan fingerprint density at radius 2 is 2.24 bits per heavy atom. The molecule has 3 nitrogen and oxygen atoms in total. The van der Waals surface area contributed by atoms with Crippen LogP contribution in [-0.2, 0) is 17.6 Å². The predicted octanol–water partition coefficient (Wildman–Crippen LogP) is 1.49. The Kier molecular flexibility index (Phi) is 2.81. The minimum absolute atomic E-state index is 0.331. The lowest BCUT2D eigenvalue weighted by atomic mass is 9.84. The molecule has 3 rings (SSSR count). The van der Waals surface area contributed by atoms with Crippen molar-refractivity contribution in [3.63, 3.8) is 0 Å². The van der Waals surface area contributed by atoms with Crippen molar-refractivity contribution in [3.8, 4) is 5.75 Å². The topological polar surface area (TPSA) is 21.7 Å². The van der Waals surface area contributed by atoms with E-state index in [1.165, 1.54) is 11.1 Å². The van der Waals surface area contributed by atoms with Crippen molar-refractivity contribution in [1.82, 2.24) is 4.90 Å². The maximum Gasteiger partial charge on any atom is 0.122 e. The van der Waals surface area contributed by atoms with Gasteiger partial charge in [-0.15, -0.1) is 0 Å². The lowest BCUT2D eigenvalue weighted by Gasteiger charge is -2.42. The zero-order valence-corrected chi connectivity index (χ0v) is 10.5. The number of morpholine rings is 1. The van der Waals surface area contributed by atoms with Crippen molar-refractivity contribution in [1.29, 1.82) is 0 Å². The minimum atomic E-state index is 0.331. The molecule has 1 fully saturated rings. The van der Waals surface area contributed by atoms with Crippen LogP contribution in [0.1, 0.15) is 11.1 Å². The van der Waals surface area contributed by atoms with Gasteiger partial charge in [-0.05, 0) is 30.7 Å². The van der Waals surface area contributed by atoms with Gasteiger partial charge in [0.15, 0.2) is 0 Å². The third-order valence-corrected chi connectivity index (χ3v) is 4.06. The average Bonchev–Trinajstić information content (AvgIpc) is 2.36. The highest BCUT2D eigenvalue weighted by Crippen LogP contribution is 2.33. The van der Waals surface area contributed by atoms with E-state index in [-0.39, 0.29) is 0 Å². The Hall–Kier alpha value is -1.06. The predicted molar refractivity (Wildman–Crippen MR) is 66.6 cm³/mol. The monoisotopic (exact) mass is 233 g/mol. The van der Waals surface area contributed by atoms with Gasteiger partial charge in [0.25, 0.3) is 0 Å². The number of hydrogen-bond donors (Lipinski definition) is 0. The van der Waals surface area contributed by atoms with E-state index in [1.807, 2.05) is 6.07 Å². The second-order valence-electron chi connectivity index (χ2n) is 4.96. The average molecular weight is 233 g/mol. The van der Waals surface area contributed by atoms with Crippen LogP contribution in [0, 0.1) is 0 Å². The van der Waals surface area contributed by atoms with Gasteiger partial charge in [-0.25, -0.2) is 0 Å². The Morgan fingerprint density at radius 3 is 3.06 bits per heavy atom. The van der Waals surface area contributed by atoms with E-state index in [0.717, 1.165) is 31.7 Å². The molecular formula is C14H19NO2. The molecular weight excluding hydrogens is 214 g/mol. The second kappa shape index (κ2) is 4.31. The van der Waals surface area contributed by atoms with Gasteiger partial charge in [0, 0.05) is 19.0 Å². The molecule has 1 heterocycles. The molecule has 0 radical (unpaired) electrons. The van der Waals surface area contributed by atoms with E-state index in [9.17, 15) is 0 Å². The van der Waals surface area contributed by atoms with Crippen LogP contribution < -0.4 is 4.74 Å². The molecule has 92 valence electrons. The SMILES string of the molecule is COc1cccc2c1C[C@@H]1OCCN(C)[C@H]1C2. The van der Waals surface area contributed by atoms with Crippen molar-refractivity contribution in [2.24, 2.45) is 0 Å². The Labute approximate surface area is 102 Å². The Morgan fingerprint density at radius 1 is 1.35 bits per heavy atom. The zero-order valence-electron chi connectivity index (χ0n) is 10.5. The number of hydrogen-bond acceptors (Lipinski definition) is 3. The smallest absolute Gasteiger partial charge is 0.122 e. The third-order valence-electron chi connectivity index (χ3n) is 4.06. The van der Waals surface area contributed by atoms with Gasteiger partial charge in [-0.2, -0.15) is 0 Å². The molecule has 1 aliphatic carbocycles. The third kappa shape index (κ3) is 1.83. The fourth-order valence-corrected chi connectivity index (χ4v) is 3.04. The van der Waals surface area contributed by atoms with Crippen LogP contribution in [0.2, 0.25) is 0 Å². The molecule has 0 saturated carbocycles. The molecule has 0 N–H and O–H groups in total. The summed E-state index contributed by atoms with van der Waals surface area (Å²) < 4.78 is 11.4. The number of benzene rings is 1. The fourth-order valence-electron chi connectivity index (χ4n) is 3.04. The Bertz CT molecular complexity index is 419. The second-order valence-corrected chi connectivity index (χ2v) is 4.96. The standard InChI is InChI=1S/C14H19NO2/c1-15-6-7-17-14-9-11-10(8-12(14)15)4-3-5-13(11)16-2/h3-5,12,14H,6-9H2,1-2H3/t12-,14-/m0/s1. The molecule has 1 aliphatic heterocycles. The van der Waals surface area contributed by atoms with Crippen LogP contribution in [0.25, 0.3) is 0 Å². The molecule has 0 amide bonds. The summed E-state index contributed by atoms with van der Waals surface area (Å²) in [6, 6.07) is 6.88. The van der Waals surface area contributed by atoms with Crippen molar-refractivity contribution < 1.29 is 9.47 Å². The quantitative estimate of drug-likeness (QED) is 0.733. The summed E-state index contributed by atoms with van der Waals surface area (Å²) >= 11 is 0. The van der Waals surface area contributed by atoms with Crippen LogP contribution in [0.5, 0.6) is 5.75 Å². The number of ether oxygens (including phenoxy) is 2. The van der Waals surface area contributed by atoms with E-state index >= 15 is 0 Å². The van der Waals surface area contributed by atoms with E-state index < -0.39 is 0 Å². The highest BCUT2D eigenvalue weighted by molar-refractivity contribution is 5.43. The van der Waals surface area contributed by atoms with Crippen LogP contribution in [-0.4, -0.2) is 44.4 Å². The molecule has 1 aromatic rings. The molecule has 0 bridgehead atoms. The summed E-state index contributed by atoms with van der Waals surface area (Å²) in [4.78, 5) is 2.43. The normalized spacial score (nSPS) is 28.4. The van der Waals surface area contributed by atoms with E-state index in [0.29, 0.717) is 12.1 Å². The van der Waals surface area contributed by atoms with Gasteiger partial charge in [0.2, 0.25) is 0 Å². The first-order valence-corrected chi connectivity index (χ1v) is 6.26. The summed E-state index contributed by atoms with van der Waals surface area (Å²) in [6.45, 7) is 1.89. The molecule has 0 spiro atoms. The van der Waals surface area contributed by atoms with Crippen molar-refractivity contribution in [2.75, 3.05) is 27.3 Å². The molecule has 17 heavy (non-hydrogen) atoms. The number of nitrogens with zero attached hydrogens (tertiary/aromatic N) is 1. The van der Waals surface area contributed by atoms with E-state index in [2.05, 4.69) is 24.1 Å². The molecule has 0 unspecified atom stereocenters. The lowest BCUT2D eigenvalue weighted by molar-refractivity contribution is -0.0646. The van der Waals surface area contributed by atoms with Gasteiger partial charge in [-0.1, -0.05) is 12.1 Å². The summed E-state index contributed by atoms with van der Waals surface area (Å²) in [7, 11) is 3.95. The van der Waals surface area contributed by atoms with E-state index in [1.54, 1.807) is 7.11 Å². The summed E-state index contributed by atoms with van der Waals surface area (Å²) in [6.07, 6.45) is 2.39. The first-order valence-electron chi connectivity index (χ1n) is 6.26. The van der Waals surface area contributed by atoms with Gasteiger partial charge in [0.05, 0.1) is 19.8 Å². The molecule has 1 aromatic carbocycles. The highest BCUT2D eigenvalue weighted by atomic mass is 16.5. The van der Waals surface area contributed by atoms with E-state index in [4.69, 9.17) is 9.47 Å². The van der Waals surface area contributed by atoms with Crippen LogP contribution in [0.3, 0.4) is 0 Å². The number of fused-ring (bicyclic) bond motifs is 2. The van der Waals surface area contributed by atoms with Gasteiger partial charge in [-0.3, -0.25) is 4.90 Å². The van der Waals surface area contributed by atoms with Gasteiger partial charge >= 0.3 is 0 Å². The van der Waals surface area contributed by atoms with Gasteiger partial charge < -0.3 is 9.47 Å². The summed E-state index contributed by atoms with van der Waals surface area (Å²) in [5, 5.41) is 0. The molecule has 3 heteroatoms. The lowest BCUT2D eigenvalue weighted by Crippen LogP contribution is -2.53. The first kappa shape index (κ1) is 11.1. The van der Waals surface area contributed by atoms with Crippen molar-refractivity contribution in [2.45, 2.75) is 25.0 Å². The number of rotatable bonds is 1. The molecule has 1 saturated heterocycles. The number of likely N-dealkylation sites (N-methyl/N-ethyl adjacent to an activating group) is 1. The maximum absolute atomic E-state index is 5.91. The highest BCUT2D eigenvalue weighted by Gasteiger charge is 2.35. The van der Waals surface area contributed by atoms with Crippen LogP contribution in [0.4, 0.5) is 0 Å². The summed E-state index contributed by atoms with van der Waals surface area (Å²) in [5.41, 5.74) is 2.76. The molecule has 2 aliphatic rings. The number of methoxy groups -OCH3 is 1. The largest absolute Gasteiger partial charge is 0.496 e. The molecule has 2 atom stereocenters. The first-order chi connectivity index (χ1) is 8.29. The fraction of sp³-hybridized carbons (Fsp3) is 0.571.